The Balaban J connectivity index is 1.94. The largest absolute Gasteiger partial charge is 0.481 e. The molecule has 5 heteroatoms. The highest BCUT2D eigenvalue weighted by Crippen LogP contribution is 2.38. The maximum absolute atomic E-state index is 11.6. The van der Waals surface area contributed by atoms with Crippen molar-refractivity contribution in [2.45, 2.75) is 64.2 Å². The summed E-state index contributed by atoms with van der Waals surface area (Å²) in [4.78, 5) is 23.2. The first-order valence-electron chi connectivity index (χ1n) is 8.18. The predicted octanol–water partition coefficient (Wildman–Crippen LogP) is 2.65. The molecule has 3 N–H and O–H groups in total. The topological polar surface area (TPSA) is 86.6 Å². The Bertz CT molecular complexity index is 346. The van der Waals surface area contributed by atoms with Crippen LogP contribution >= 0.6 is 0 Å². The number of carboxylic acids is 2. The zero-order valence-corrected chi connectivity index (χ0v) is 12.7. The van der Waals surface area contributed by atoms with Gasteiger partial charge in [0, 0.05) is 13.1 Å². The van der Waals surface area contributed by atoms with E-state index in [0.717, 1.165) is 38.5 Å². The quantitative estimate of drug-likeness (QED) is 0.701. The molecule has 0 aromatic carbocycles. The van der Waals surface area contributed by atoms with E-state index in [9.17, 15) is 19.8 Å². The van der Waals surface area contributed by atoms with Crippen LogP contribution in [0.3, 0.4) is 0 Å². The van der Waals surface area contributed by atoms with Crippen molar-refractivity contribution in [2.75, 3.05) is 13.1 Å². The van der Waals surface area contributed by atoms with Crippen molar-refractivity contribution in [3.63, 3.8) is 0 Å². The molecule has 0 heterocycles. The molecule has 0 amide bonds. The highest BCUT2D eigenvalue weighted by Gasteiger charge is 2.42. The second-order valence-corrected chi connectivity index (χ2v) is 6.90. The number of nitrogens with one attached hydrogen (secondary N) is 1. The Kier molecular flexibility index (Phi) is 5.25. The zero-order chi connectivity index (χ0) is 15.3. The van der Waals surface area contributed by atoms with Crippen molar-refractivity contribution in [3.8, 4) is 0 Å². The Morgan fingerprint density at radius 1 is 0.714 bits per heavy atom. The summed E-state index contributed by atoms with van der Waals surface area (Å²) < 4.78 is 0. The summed E-state index contributed by atoms with van der Waals surface area (Å²) in [6, 6.07) is 0. The van der Waals surface area contributed by atoms with Crippen LogP contribution in [-0.2, 0) is 9.59 Å². The molecule has 0 aliphatic heterocycles. The van der Waals surface area contributed by atoms with Crippen molar-refractivity contribution in [2.24, 2.45) is 10.8 Å². The minimum absolute atomic E-state index is 0.400. The van der Waals surface area contributed by atoms with Gasteiger partial charge >= 0.3 is 11.9 Å². The number of carbonyl (C=O) groups is 2. The van der Waals surface area contributed by atoms with Crippen molar-refractivity contribution < 1.29 is 19.8 Å². The molecule has 0 atom stereocenters. The molecule has 2 saturated carbocycles. The summed E-state index contributed by atoms with van der Waals surface area (Å²) in [6.07, 6.45) is 8.85. The third-order valence-electron chi connectivity index (χ3n) is 5.46. The van der Waals surface area contributed by atoms with Gasteiger partial charge in [0.2, 0.25) is 0 Å². The highest BCUT2D eigenvalue weighted by molar-refractivity contribution is 5.76. The van der Waals surface area contributed by atoms with Gasteiger partial charge in [-0.3, -0.25) is 9.59 Å². The summed E-state index contributed by atoms with van der Waals surface area (Å²) >= 11 is 0. The lowest BCUT2D eigenvalue weighted by Gasteiger charge is -2.37. The standard InChI is InChI=1S/C16H27NO4/c18-13(19)15(7-3-1-4-8-15)11-17-12-16(14(20)21)9-5-2-6-10-16/h17H,1-12H2,(H,18,19)(H,20,21). The Morgan fingerprint density at radius 2 is 1.05 bits per heavy atom. The van der Waals surface area contributed by atoms with Gasteiger partial charge in [-0.15, -0.1) is 0 Å². The SMILES string of the molecule is O=C(O)C1(CNCC2(C(=O)O)CCCCC2)CCCCC1. The van der Waals surface area contributed by atoms with Gasteiger partial charge in [-0.2, -0.15) is 0 Å². The van der Waals surface area contributed by atoms with E-state index in [2.05, 4.69) is 5.32 Å². The first-order chi connectivity index (χ1) is 10.0. The maximum atomic E-state index is 11.6. The third-order valence-corrected chi connectivity index (χ3v) is 5.46. The van der Waals surface area contributed by atoms with E-state index < -0.39 is 22.8 Å². The molecule has 0 radical (unpaired) electrons. The molecule has 2 fully saturated rings. The Morgan fingerprint density at radius 3 is 1.33 bits per heavy atom. The summed E-state index contributed by atoms with van der Waals surface area (Å²) in [5, 5.41) is 22.3. The average Bonchev–Trinajstić information content (AvgIpc) is 2.49. The van der Waals surface area contributed by atoms with Gasteiger partial charge in [-0.05, 0) is 25.7 Å². The number of carboxylic acid groups (broad SMARTS) is 2. The fourth-order valence-corrected chi connectivity index (χ4v) is 3.93. The van der Waals surface area contributed by atoms with Crippen LogP contribution in [0, 0.1) is 10.8 Å². The molecule has 0 aromatic rings. The lowest BCUT2D eigenvalue weighted by Crippen LogP contribution is -2.48. The second kappa shape index (κ2) is 6.77. The van der Waals surface area contributed by atoms with Crippen molar-refractivity contribution in [1.29, 1.82) is 0 Å². The molecule has 21 heavy (non-hydrogen) atoms. The normalized spacial score (nSPS) is 24.4. The van der Waals surface area contributed by atoms with E-state index in [1.165, 1.54) is 0 Å². The van der Waals surface area contributed by atoms with E-state index >= 15 is 0 Å². The van der Waals surface area contributed by atoms with Crippen LogP contribution in [0.1, 0.15) is 64.2 Å². The van der Waals surface area contributed by atoms with Gasteiger partial charge in [-0.1, -0.05) is 38.5 Å². The van der Waals surface area contributed by atoms with Crippen LogP contribution in [0.4, 0.5) is 0 Å². The van der Waals surface area contributed by atoms with Gasteiger partial charge < -0.3 is 15.5 Å². The number of hydrogen-bond donors (Lipinski definition) is 3. The molecular weight excluding hydrogens is 270 g/mol. The summed E-state index contributed by atoms with van der Waals surface area (Å²) in [5.74, 6) is -1.47. The van der Waals surface area contributed by atoms with E-state index in [1.807, 2.05) is 0 Å². The lowest BCUT2D eigenvalue weighted by atomic mass is 9.72. The Hall–Kier alpha value is -1.10. The molecule has 2 rings (SSSR count). The molecule has 0 saturated heterocycles. The fourth-order valence-electron chi connectivity index (χ4n) is 3.93. The first kappa shape index (κ1) is 16.3. The van der Waals surface area contributed by atoms with Crippen molar-refractivity contribution >= 4 is 11.9 Å². The molecule has 120 valence electrons. The molecule has 2 aliphatic carbocycles. The van der Waals surface area contributed by atoms with Crippen molar-refractivity contribution in [1.82, 2.24) is 5.32 Å². The van der Waals surface area contributed by atoms with Gasteiger partial charge in [-0.25, -0.2) is 0 Å². The summed E-state index contributed by atoms with van der Waals surface area (Å²) in [6.45, 7) is 0.800. The summed E-state index contributed by atoms with van der Waals surface area (Å²) in [5.41, 5.74) is -1.38. The van der Waals surface area contributed by atoms with Crippen LogP contribution in [0.5, 0.6) is 0 Å². The maximum Gasteiger partial charge on any atom is 0.310 e. The van der Waals surface area contributed by atoms with Gasteiger partial charge in [0.15, 0.2) is 0 Å². The first-order valence-corrected chi connectivity index (χ1v) is 8.18. The van der Waals surface area contributed by atoms with Crippen molar-refractivity contribution in [3.05, 3.63) is 0 Å². The van der Waals surface area contributed by atoms with Gasteiger partial charge in [0.05, 0.1) is 10.8 Å². The lowest BCUT2D eigenvalue weighted by molar-refractivity contribution is -0.151. The van der Waals surface area contributed by atoms with E-state index in [1.54, 1.807) is 0 Å². The molecule has 0 unspecified atom stereocenters. The molecule has 0 aromatic heterocycles. The third kappa shape index (κ3) is 3.57. The zero-order valence-electron chi connectivity index (χ0n) is 12.7. The average molecular weight is 297 g/mol. The second-order valence-electron chi connectivity index (χ2n) is 6.90. The minimum Gasteiger partial charge on any atom is -0.481 e. The molecular formula is C16H27NO4. The fraction of sp³-hybridized carbons (Fsp3) is 0.875. The van der Waals surface area contributed by atoms with Crippen LogP contribution < -0.4 is 5.32 Å². The van der Waals surface area contributed by atoms with Gasteiger partial charge in [0.25, 0.3) is 0 Å². The van der Waals surface area contributed by atoms with Crippen LogP contribution in [-0.4, -0.2) is 35.2 Å². The highest BCUT2D eigenvalue weighted by atomic mass is 16.4. The molecule has 0 bridgehead atoms. The number of rotatable bonds is 6. The molecule has 0 spiro atoms. The van der Waals surface area contributed by atoms with E-state index in [0.29, 0.717) is 38.8 Å². The smallest absolute Gasteiger partial charge is 0.310 e. The monoisotopic (exact) mass is 297 g/mol. The van der Waals surface area contributed by atoms with E-state index in [4.69, 9.17) is 0 Å². The van der Waals surface area contributed by atoms with Gasteiger partial charge in [0.1, 0.15) is 0 Å². The number of hydrogen-bond acceptors (Lipinski definition) is 3. The number of aliphatic carboxylic acids is 2. The van der Waals surface area contributed by atoms with Crippen LogP contribution in [0.25, 0.3) is 0 Å². The minimum atomic E-state index is -0.734. The van der Waals surface area contributed by atoms with Crippen LogP contribution in [0.2, 0.25) is 0 Å². The molecule has 5 nitrogen and oxygen atoms in total. The Labute approximate surface area is 126 Å². The van der Waals surface area contributed by atoms with Crippen LogP contribution in [0.15, 0.2) is 0 Å². The van der Waals surface area contributed by atoms with E-state index in [-0.39, 0.29) is 0 Å². The molecule has 2 aliphatic rings. The predicted molar refractivity (Wildman–Crippen MR) is 79.2 cm³/mol. The summed E-state index contributed by atoms with van der Waals surface area (Å²) in [7, 11) is 0.